The van der Waals surface area contributed by atoms with Gasteiger partial charge < -0.3 is 10.1 Å². The molecule has 0 saturated heterocycles. The van der Waals surface area contributed by atoms with E-state index in [9.17, 15) is 9.59 Å². The summed E-state index contributed by atoms with van der Waals surface area (Å²) < 4.78 is 5.31. The highest BCUT2D eigenvalue weighted by atomic mass is 32.1. The average molecular weight is 337 g/mol. The lowest BCUT2D eigenvalue weighted by Crippen LogP contribution is -2.11. The maximum Gasteiger partial charge on any atom is 0.343 e. The van der Waals surface area contributed by atoms with Crippen molar-refractivity contribution in [3.8, 4) is 5.75 Å². The summed E-state index contributed by atoms with van der Waals surface area (Å²) in [7, 11) is 0. The van der Waals surface area contributed by atoms with Crippen molar-refractivity contribution < 1.29 is 14.3 Å². The summed E-state index contributed by atoms with van der Waals surface area (Å²) in [6, 6.07) is 17.5. The fourth-order valence-corrected chi connectivity index (χ4v) is 2.68. The van der Waals surface area contributed by atoms with Crippen molar-refractivity contribution >= 4 is 28.9 Å². The first-order valence-electron chi connectivity index (χ1n) is 7.35. The summed E-state index contributed by atoms with van der Waals surface area (Å²) >= 11 is 1.37. The number of ether oxygens (including phenoxy) is 1. The van der Waals surface area contributed by atoms with E-state index in [2.05, 4.69) is 5.32 Å². The second-order valence-corrected chi connectivity index (χ2v) is 6.16. The van der Waals surface area contributed by atoms with Crippen LogP contribution in [0, 0.1) is 6.92 Å². The lowest BCUT2D eigenvalue weighted by atomic mass is 10.2. The van der Waals surface area contributed by atoms with Gasteiger partial charge in [0.1, 0.15) is 5.75 Å². The van der Waals surface area contributed by atoms with Crippen LogP contribution in [0.3, 0.4) is 0 Å². The second kappa shape index (κ2) is 7.10. The molecule has 1 heterocycles. The molecular formula is C19H15NO3S. The van der Waals surface area contributed by atoms with Crippen LogP contribution in [0.25, 0.3) is 0 Å². The number of hydrogen-bond donors (Lipinski definition) is 1. The molecule has 120 valence electrons. The Balaban J connectivity index is 1.64. The summed E-state index contributed by atoms with van der Waals surface area (Å²) in [5.41, 5.74) is 2.14. The van der Waals surface area contributed by atoms with E-state index in [0.717, 1.165) is 5.56 Å². The number of esters is 1. The first kappa shape index (κ1) is 16.0. The Hall–Kier alpha value is -2.92. The Morgan fingerprint density at radius 1 is 0.958 bits per heavy atom. The first-order valence-corrected chi connectivity index (χ1v) is 8.23. The first-order chi connectivity index (χ1) is 11.6. The normalized spacial score (nSPS) is 10.2. The number of thiophene rings is 1. The maximum absolute atomic E-state index is 12.1. The van der Waals surface area contributed by atoms with Gasteiger partial charge in [-0.2, -0.15) is 0 Å². The van der Waals surface area contributed by atoms with Gasteiger partial charge in [0.25, 0.3) is 5.91 Å². The molecule has 0 aliphatic rings. The highest BCUT2D eigenvalue weighted by molar-refractivity contribution is 7.12. The summed E-state index contributed by atoms with van der Waals surface area (Å²) in [5, 5.41) is 4.63. The molecule has 0 spiro atoms. The summed E-state index contributed by atoms with van der Waals surface area (Å²) in [4.78, 5) is 24.7. The van der Waals surface area contributed by atoms with E-state index in [1.54, 1.807) is 42.5 Å². The van der Waals surface area contributed by atoms with Crippen molar-refractivity contribution in [2.24, 2.45) is 0 Å². The zero-order valence-corrected chi connectivity index (χ0v) is 13.8. The summed E-state index contributed by atoms with van der Waals surface area (Å²) in [6.45, 7) is 1.97. The number of anilines is 1. The van der Waals surface area contributed by atoms with Crippen LogP contribution in [-0.2, 0) is 0 Å². The van der Waals surface area contributed by atoms with Crippen molar-refractivity contribution in [3.05, 3.63) is 82.0 Å². The van der Waals surface area contributed by atoms with E-state index in [1.165, 1.54) is 11.3 Å². The molecule has 0 radical (unpaired) electrons. The van der Waals surface area contributed by atoms with E-state index in [-0.39, 0.29) is 5.91 Å². The fourth-order valence-electron chi connectivity index (χ4n) is 2.06. The lowest BCUT2D eigenvalue weighted by Gasteiger charge is -2.06. The highest BCUT2D eigenvalue weighted by Crippen LogP contribution is 2.17. The van der Waals surface area contributed by atoms with Gasteiger partial charge in [-0.1, -0.05) is 23.8 Å². The standard InChI is InChI=1S/C19H15NO3S/c1-13-4-10-16(11-5-13)23-19(22)14-6-8-15(9-7-14)20-18(21)17-3-2-12-24-17/h2-12H,1H3,(H,20,21). The van der Waals surface area contributed by atoms with Crippen molar-refractivity contribution in [1.82, 2.24) is 0 Å². The van der Waals surface area contributed by atoms with E-state index in [1.807, 2.05) is 30.5 Å². The van der Waals surface area contributed by atoms with Crippen molar-refractivity contribution in [3.63, 3.8) is 0 Å². The van der Waals surface area contributed by atoms with Gasteiger partial charge in [-0.3, -0.25) is 4.79 Å². The van der Waals surface area contributed by atoms with Crippen LogP contribution in [0.5, 0.6) is 5.75 Å². The second-order valence-electron chi connectivity index (χ2n) is 5.21. The third-order valence-corrected chi connectivity index (χ3v) is 4.22. The van der Waals surface area contributed by atoms with Crippen molar-refractivity contribution in [2.45, 2.75) is 6.92 Å². The molecule has 0 aliphatic heterocycles. The molecule has 5 heteroatoms. The van der Waals surface area contributed by atoms with Crippen LogP contribution in [-0.4, -0.2) is 11.9 Å². The van der Waals surface area contributed by atoms with Gasteiger partial charge in [-0.25, -0.2) is 4.79 Å². The molecule has 0 atom stereocenters. The molecule has 0 unspecified atom stereocenters. The van der Waals surface area contributed by atoms with E-state index in [4.69, 9.17) is 4.74 Å². The molecule has 0 fully saturated rings. The summed E-state index contributed by atoms with van der Waals surface area (Å²) in [6.07, 6.45) is 0. The van der Waals surface area contributed by atoms with Gasteiger partial charge in [-0.05, 0) is 54.8 Å². The molecule has 0 aliphatic carbocycles. The van der Waals surface area contributed by atoms with Crippen LogP contribution in [0.1, 0.15) is 25.6 Å². The molecule has 0 saturated carbocycles. The lowest BCUT2D eigenvalue weighted by molar-refractivity contribution is 0.0734. The number of benzene rings is 2. The third-order valence-electron chi connectivity index (χ3n) is 3.35. The van der Waals surface area contributed by atoms with Crippen LogP contribution in [0.2, 0.25) is 0 Å². The molecule has 1 amide bonds. The molecule has 1 aromatic heterocycles. The Morgan fingerprint density at radius 2 is 1.67 bits per heavy atom. The average Bonchev–Trinajstić information content (AvgIpc) is 3.12. The number of nitrogens with one attached hydrogen (secondary N) is 1. The fraction of sp³-hybridized carbons (Fsp3) is 0.0526. The molecule has 1 N–H and O–H groups in total. The molecule has 3 rings (SSSR count). The zero-order valence-electron chi connectivity index (χ0n) is 13.0. The number of carbonyl (C=O) groups excluding carboxylic acids is 2. The molecular weight excluding hydrogens is 322 g/mol. The third kappa shape index (κ3) is 3.88. The monoisotopic (exact) mass is 337 g/mol. The topological polar surface area (TPSA) is 55.4 Å². The molecule has 3 aromatic rings. The van der Waals surface area contributed by atoms with Crippen LogP contribution < -0.4 is 10.1 Å². The van der Waals surface area contributed by atoms with Crippen LogP contribution in [0.15, 0.2) is 66.0 Å². The number of amides is 1. The van der Waals surface area contributed by atoms with E-state index in [0.29, 0.717) is 21.9 Å². The number of carbonyl (C=O) groups is 2. The number of rotatable bonds is 4. The largest absolute Gasteiger partial charge is 0.423 e. The van der Waals surface area contributed by atoms with Gasteiger partial charge in [0.2, 0.25) is 0 Å². The number of aryl methyl sites for hydroxylation is 1. The Labute approximate surface area is 143 Å². The Morgan fingerprint density at radius 3 is 2.29 bits per heavy atom. The van der Waals surface area contributed by atoms with Gasteiger partial charge in [0.05, 0.1) is 10.4 Å². The van der Waals surface area contributed by atoms with Gasteiger partial charge in [0.15, 0.2) is 0 Å². The van der Waals surface area contributed by atoms with E-state index < -0.39 is 5.97 Å². The van der Waals surface area contributed by atoms with E-state index >= 15 is 0 Å². The number of hydrogen-bond acceptors (Lipinski definition) is 4. The maximum atomic E-state index is 12.1. The Bertz CT molecular complexity index is 837. The minimum absolute atomic E-state index is 0.167. The summed E-state index contributed by atoms with van der Waals surface area (Å²) in [5.74, 6) is -0.101. The minimum Gasteiger partial charge on any atom is -0.423 e. The van der Waals surface area contributed by atoms with Gasteiger partial charge in [-0.15, -0.1) is 11.3 Å². The molecule has 24 heavy (non-hydrogen) atoms. The van der Waals surface area contributed by atoms with Crippen LogP contribution >= 0.6 is 11.3 Å². The van der Waals surface area contributed by atoms with Crippen LogP contribution in [0.4, 0.5) is 5.69 Å². The molecule has 0 bridgehead atoms. The van der Waals surface area contributed by atoms with Gasteiger partial charge >= 0.3 is 5.97 Å². The smallest absolute Gasteiger partial charge is 0.343 e. The SMILES string of the molecule is Cc1ccc(OC(=O)c2ccc(NC(=O)c3cccs3)cc2)cc1. The minimum atomic E-state index is -0.435. The van der Waals surface area contributed by atoms with Crippen molar-refractivity contribution in [1.29, 1.82) is 0 Å². The molecule has 2 aromatic carbocycles. The zero-order chi connectivity index (χ0) is 16.9. The molecule has 4 nitrogen and oxygen atoms in total. The predicted octanol–water partition coefficient (Wildman–Crippen LogP) is 4.53. The Kier molecular flexibility index (Phi) is 4.72. The van der Waals surface area contributed by atoms with Gasteiger partial charge in [0, 0.05) is 5.69 Å². The highest BCUT2D eigenvalue weighted by Gasteiger charge is 2.10. The predicted molar refractivity (Wildman–Crippen MR) is 94.9 cm³/mol. The van der Waals surface area contributed by atoms with Crippen molar-refractivity contribution in [2.75, 3.05) is 5.32 Å². The quantitative estimate of drug-likeness (QED) is 0.562.